The molecule has 14 heteroatoms. The van der Waals surface area contributed by atoms with Crippen LogP contribution in [-0.4, -0.2) is 76.1 Å². The van der Waals surface area contributed by atoms with Crippen molar-refractivity contribution < 1.29 is 37.5 Å². The maximum atomic E-state index is 13.4. The van der Waals surface area contributed by atoms with E-state index in [9.17, 15) is 37.5 Å². The summed E-state index contributed by atoms with van der Waals surface area (Å²) in [5.41, 5.74) is 1.05. The highest BCUT2D eigenvalue weighted by Crippen LogP contribution is 2.50. The van der Waals surface area contributed by atoms with E-state index in [-0.39, 0.29) is 10.3 Å². The Labute approximate surface area is 253 Å². The monoisotopic (exact) mass is 630 g/mol. The third-order valence-corrected chi connectivity index (χ3v) is 10.5. The molecule has 2 aliphatic heterocycles. The highest BCUT2D eigenvalue weighted by molar-refractivity contribution is 8.01. The summed E-state index contributed by atoms with van der Waals surface area (Å²) in [5, 5.41) is 16.0. The van der Waals surface area contributed by atoms with Crippen molar-refractivity contribution in [1.29, 1.82) is 0 Å². The summed E-state index contributed by atoms with van der Waals surface area (Å²) < 4.78 is 24.8. The summed E-state index contributed by atoms with van der Waals surface area (Å²) in [6.07, 6.45) is 0. The van der Waals surface area contributed by atoms with Crippen LogP contribution in [0.2, 0.25) is 0 Å². The number of benzene rings is 2. The van der Waals surface area contributed by atoms with E-state index in [1.165, 1.54) is 28.8 Å². The molecule has 0 bridgehead atoms. The lowest BCUT2D eigenvalue weighted by Crippen LogP contribution is -2.71. The Kier molecular flexibility index (Phi) is 8.67. The van der Waals surface area contributed by atoms with Crippen molar-refractivity contribution in [1.82, 2.24) is 20.9 Å². The number of sulfone groups is 1. The summed E-state index contributed by atoms with van der Waals surface area (Å²) in [7, 11) is -4.07. The average Bonchev–Trinajstić information content (AvgIpc) is 3.17. The fourth-order valence-corrected chi connectivity index (χ4v) is 7.84. The minimum Gasteiger partial charge on any atom is -0.480 e. The van der Waals surface area contributed by atoms with Gasteiger partial charge in [0.25, 0.3) is 0 Å². The molecule has 2 aromatic rings. The Balaban J connectivity index is 1.43. The number of aliphatic carboxylic acids is 1. The average molecular weight is 631 g/mol. The number of nitrogens with zero attached hydrogens (tertiary/aromatic N) is 1. The summed E-state index contributed by atoms with van der Waals surface area (Å²) in [6.45, 7) is 9.35. The van der Waals surface area contributed by atoms with Crippen molar-refractivity contribution in [3.8, 4) is 0 Å². The maximum Gasteiger partial charge on any atom is 0.327 e. The molecular weight excluding hydrogens is 596 g/mol. The first kappa shape index (κ1) is 32.0. The molecule has 2 aliphatic rings. The Hall–Kier alpha value is -3.91. The number of imide groups is 1. The van der Waals surface area contributed by atoms with Crippen molar-refractivity contribution in [2.45, 2.75) is 73.2 Å². The summed E-state index contributed by atoms with van der Waals surface area (Å²) in [5.74, 6) is -4.57. The van der Waals surface area contributed by atoms with Gasteiger partial charge in [0.05, 0.1) is 4.90 Å². The van der Waals surface area contributed by atoms with E-state index in [2.05, 4.69) is 10.6 Å². The molecule has 4 rings (SSSR count). The van der Waals surface area contributed by atoms with Crippen molar-refractivity contribution in [3.05, 3.63) is 65.7 Å². The lowest BCUT2D eigenvalue weighted by Gasteiger charge is -2.44. The van der Waals surface area contributed by atoms with E-state index < -0.39 is 73.6 Å². The molecule has 2 aromatic carbocycles. The minimum absolute atomic E-state index is 0.0742. The SMILES string of the molecule is CC(C)(C)c1ccc(S(=O)(=O)CC(=O)NC(=O)NC(C(=O)N[C@@H]2C(=O)N3[C@@H]2SC(C)(C)[C@@H]3C(=O)O)c2ccccc2)cc1. The minimum atomic E-state index is -4.07. The molecular formula is C29H34N4O8S2. The number of rotatable bonds is 8. The number of thioether (sulfide) groups is 1. The van der Waals surface area contributed by atoms with Gasteiger partial charge in [-0.15, -0.1) is 11.8 Å². The molecule has 0 radical (unpaired) electrons. The Bertz CT molecular complexity index is 1550. The second-order valence-corrected chi connectivity index (χ2v) is 15.7. The zero-order valence-corrected chi connectivity index (χ0v) is 25.9. The van der Waals surface area contributed by atoms with Crippen LogP contribution in [0.3, 0.4) is 0 Å². The van der Waals surface area contributed by atoms with Crippen LogP contribution in [0.1, 0.15) is 51.8 Å². The van der Waals surface area contributed by atoms with Crippen LogP contribution >= 0.6 is 11.8 Å². The van der Waals surface area contributed by atoms with Crippen molar-refractivity contribution >= 4 is 51.3 Å². The van der Waals surface area contributed by atoms with Crippen molar-refractivity contribution in [3.63, 3.8) is 0 Å². The molecule has 43 heavy (non-hydrogen) atoms. The van der Waals surface area contributed by atoms with Gasteiger partial charge in [-0.2, -0.15) is 0 Å². The summed E-state index contributed by atoms with van der Waals surface area (Å²) in [4.78, 5) is 64.5. The van der Waals surface area contributed by atoms with Crippen LogP contribution in [0, 0.1) is 0 Å². The van der Waals surface area contributed by atoms with Crippen LogP contribution in [0.25, 0.3) is 0 Å². The van der Waals surface area contributed by atoms with Crippen LogP contribution < -0.4 is 16.0 Å². The van der Waals surface area contributed by atoms with Gasteiger partial charge in [-0.1, -0.05) is 63.2 Å². The number of urea groups is 1. The third-order valence-electron chi connectivity index (χ3n) is 7.30. The van der Waals surface area contributed by atoms with Gasteiger partial charge >= 0.3 is 12.0 Å². The molecule has 0 saturated carbocycles. The van der Waals surface area contributed by atoms with Crippen LogP contribution in [0.15, 0.2) is 59.5 Å². The first-order valence-corrected chi connectivity index (χ1v) is 16.0. The number of amides is 5. The van der Waals surface area contributed by atoms with Gasteiger partial charge in [0.1, 0.15) is 29.3 Å². The van der Waals surface area contributed by atoms with Crippen LogP contribution in [0.4, 0.5) is 4.79 Å². The zero-order chi connectivity index (χ0) is 31.9. The van der Waals surface area contributed by atoms with Gasteiger partial charge in [-0.05, 0) is 42.5 Å². The molecule has 2 fully saturated rings. The van der Waals surface area contributed by atoms with Gasteiger partial charge in [-0.25, -0.2) is 18.0 Å². The predicted molar refractivity (Wildman–Crippen MR) is 159 cm³/mol. The molecule has 0 aromatic heterocycles. The smallest absolute Gasteiger partial charge is 0.327 e. The van der Waals surface area contributed by atoms with Gasteiger partial charge < -0.3 is 20.6 Å². The van der Waals surface area contributed by atoms with Crippen LogP contribution in [0.5, 0.6) is 0 Å². The van der Waals surface area contributed by atoms with Crippen LogP contribution in [-0.2, 0) is 34.4 Å². The van der Waals surface area contributed by atoms with E-state index >= 15 is 0 Å². The first-order chi connectivity index (χ1) is 19.9. The fourth-order valence-electron chi connectivity index (χ4n) is 5.08. The topological polar surface area (TPSA) is 179 Å². The summed E-state index contributed by atoms with van der Waals surface area (Å²) >= 11 is 1.25. The second-order valence-electron chi connectivity index (χ2n) is 12.0. The molecule has 1 unspecified atom stereocenters. The van der Waals surface area contributed by atoms with E-state index in [4.69, 9.17) is 0 Å². The standard InChI is InChI=1S/C29H34N4O8S2/c1-28(2,3)17-11-13-18(14-12-17)43(40,41)15-19(34)30-27(39)32-20(16-9-7-6-8-10-16)23(35)31-21-24(36)33-22(26(37)38)29(4,5)42-25(21)33/h6-14,20-22,25H,15H2,1-5H3,(H,31,35)(H,37,38)(H2,30,32,34,39)/t20?,21-,22+,25-/m1/s1. The predicted octanol–water partition coefficient (Wildman–Crippen LogP) is 1.96. The molecule has 2 saturated heterocycles. The number of β-lactam (4-membered cyclic amide) rings is 1. The van der Waals surface area contributed by atoms with E-state index in [1.807, 2.05) is 26.1 Å². The highest BCUT2D eigenvalue weighted by Gasteiger charge is 2.64. The quantitative estimate of drug-likeness (QED) is 0.317. The first-order valence-electron chi connectivity index (χ1n) is 13.4. The number of carboxylic acids is 1. The highest BCUT2D eigenvalue weighted by atomic mass is 32.2. The number of hydrogen-bond donors (Lipinski definition) is 4. The molecule has 0 aliphatic carbocycles. The van der Waals surface area contributed by atoms with E-state index in [1.54, 1.807) is 56.3 Å². The van der Waals surface area contributed by atoms with Crippen molar-refractivity contribution in [2.75, 3.05) is 5.75 Å². The van der Waals surface area contributed by atoms with Gasteiger partial charge in [-0.3, -0.25) is 19.7 Å². The lowest BCUT2D eigenvalue weighted by molar-refractivity contribution is -0.161. The van der Waals surface area contributed by atoms with Gasteiger partial charge in [0.15, 0.2) is 9.84 Å². The Morgan fingerprint density at radius 3 is 2.19 bits per heavy atom. The number of nitrogens with one attached hydrogen (secondary N) is 3. The number of carboxylic acid groups (broad SMARTS) is 1. The zero-order valence-electron chi connectivity index (χ0n) is 24.3. The molecule has 230 valence electrons. The molecule has 5 amide bonds. The fraction of sp³-hybridized carbons (Fsp3) is 0.414. The van der Waals surface area contributed by atoms with Gasteiger partial charge in [0, 0.05) is 4.75 Å². The molecule has 12 nitrogen and oxygen atoms in total. The maximum absolute atomic E-state index is 13.4. The summed E-state index contributed by atoms with van der Waals surface area (Å²) in [6, 6.07) is 9.65. The van der Waals surface area contributed by atoms with E-state index in [0.717, 1.165) is 5.56 Å². The van der Waals surface area contributed by atoms with Gasteiger partial charge in [0.2, 0.25) is 17.7 Å². The largest absolute Gasteiger partial charge is 0.480 e. The number of carbonyl (C=O) groups is 5. The number of fused-ring (bicyclic) bond motifs is 1. The van der Waals surface area contributed by atoms with Crippen molar-refractivity contribution in [2.24, 2.45) is 0 Å². The third kappa shape index (κ3) is 6.69. The number of carbonyl (C=O) groups excluding carboxylic acids is 4. The second kappa shape index (κ2) is 11.6. The Morgan fingerprint density at radius 2 is 1.63 bits per heavy atom. The molecule has 4 atom stereocenters. The van der Waals surface area contributed by atoms with E-state index in [0.29, 0.717) is 5.56 Å². The lowest BCUT2D eigenvalue weighted by atomic mass is 9.87. The molecule has 0 spiro atoms. The number of hydrogen-bond acceptors (Lipinski definition) is 8. The molecule has 4 N–H and O–H groups in total. The Morgan fingerprint density at radius 1 is 1.02 bits per heavy atom. The normalized spacial score (nSPS) is 21.7. The molecule has 2 heterocycles.